The van der Waals surface area contributed by atoms with Crippen LogP contribution in [0.5, 0.6) is 0 Å². The van der Waals surface area contributed by atoms with Gasteiger partial charge in [0, 0.05) is 6.04 Å². The van der Waals surface area contributed by atoms with Crippen LogP contribution in [0.1, 0.15) is 44.3 Å². The van der Waals surface area contributed by atoms with E-state index < -0.39 is 0 Å². The van der Waals surface area contributed by atoms with Crippen molar-refractivity contribution in [2.24, 2.45) is 0 Å². The summed E-state index contributed by atoms with van der Waals surface area (Å²) < 4.78 is 5.34. The summed E-state index contributed by atoms with van der Waals surface area (Å²) in [6, 6.07) is 4.08. The summed E-state index contributed by atoms with van der Waals surface area (Å²) in [6.07, 6.45) is 8.78. The van der Waals surface area contributed by atoms with Gasteiger partial charge in [-0.3, -0.25) is 4.79 Å². The highest BCUT2D eigenvalue weighted by molar-refractivity contribution is 6.27. The molecule has 0 aromatic carbocycles. The second-order valence-corrected chi connectivity index (χ2v) is 5.15. The number of halogens is 1. The molecule has 0 spiro atoms. The number of hydrogen-bond donors (Lipinski definition) is 0. The Bertz CT molecular complexity index is 356. The summed E-state index contributed by atoms with van der Waals surface area (Å²) in [7, 11) is 0. The SMILES string of the molecule is O=C(CCl)N(Cc1ccco1)C1CCCCCC1. The zero-order valence-electron chi connectivity index (χ0n) is 10.6. The number of rotatable bonds is 4. The molecule has 0 unspecified atom stereocenters. The van der Waals surface area contributed by atoms with Gasteiger partial charge in [-0.05, 0) is 25.0 Å². The van der Waals surface area contributed by atoms with Gasteiger partial charge in [-0.15, -0.1) is 11.6 Å². The molecule has 0 saturated heterocycles. The molecule has 3 nitrogen and oxygen atoms in total. The Morgan fingerprint density at radius 1 is 1.33 bits per heavy atom. The Balaban J connectivity index is 2.05. The van der Waals surface area contributed by atoms with Crippen LogP contribution in [0, 0.1) is 0 Å². The van der Waals surface area contributed by atoms with E-state index in [9.17, 15) is 4.79 Å². The predicted molar refractivity (Wildman–Crippen MR) is 71.5 cm³/mol. The maximum Gasteiger partial charge on any atom is 0.238 e. The monoisotopic (exact) mass is 269 g/mol. The van der Waals surface area contributed by atoms with Crippen molar-refractivity contribution >= 4 is 17.5 Å². The van der Waals surface area contributed by atoms with E-state index in [2.05, 4.69) is 0 Å². The minimum atomic E-state index is 0.0139. The molecule has 0 atom stereocenters. The maximum atomic E-state index is 12.0. The largest absolute Gasteiger partial charge is 0.467 e. The molecule has 0 aliphatic heterocycles. The van der Waals surface area contributed by atoms with Crippen molar-refractivity contribution < 1.29 is 9.21 Å². The van der Waals surface area contributed by atoms with Gasteiger partial charge in [-0.1, -0.05) is 25.7 Å². The van der Waals surface area contributed by atoms with Gasteiger partial charge in [-0.2, -0.15) is 0 Å². The van der Waals surface area contributed by atoms with Crippen LogP contribution >= 0.6 is 11.6 Å². The highest BCUT2D eigenvalue weighted by atomic mass is 35.5. The van der Waals surface area contributed by atoms with Crippen LogP contribution in [0.2, 0.25) is 0 Å². The third-order valence-corrected chi connectivity index (χ3v) is 3.84. The van der Waals surface area contributed by atoms with Gasteiger partial charge in [0.05, 0.1) is 12.8 Å². The quantitative estimate of drug-likeness (QED) is 0.618. The van der Waals surface area contributed by atoms with Crippen LogP contribution < -0.4 is 0 Å². The fourth-order valence-electron chi connectivity index (χ4n) is 2.64. The lowest BCUT2D eigenvalue weighted by Crippen LogP contribution is -2.40. The fraction of sp³-hybridized carbons (Fsp3) is 0.643. The standard InChI is InChI=1S/C14H20ClNO2/c15-10-14(17)16(11-13-8-5-9-18-13)12-6-3-1-2-4-7-12/h5,8-9,12H,1-4,6-7,10-11H2. The lowest BCUT2D eigenvalue weighted by Gasteiger charge is -2.30. The lowest BCUT2D eigenvalue weighted by molar-refractivity contribution is -0.132. The maximum absolute atomic E-state index is 12.0. The molecule has 0 radical (unpaired) electrons. The van der Waals surface area contributed by atoms with Crippen LogP contribution in [-0.2, 0) is 11.3 Å². The van der Waals surface area contributed by atoms with E-state index in [0.29, 0.717) is 12.6 Å². The summed E-state index contributed by atoms with van der Waals surface area (Å²) >= 11 is 5.73. The third kappa shape index (κ3) is 3.52. The number of nitrogens with zero attached hydrogens (tertiary/aromatic N) is 1. The smallest absolute Gasteiger partial charge is 0.238 e. The highest BCUT2D eigenvalue weighted by Crippen LogP contribution is 2.24. The number of carbonyl (C=O) groups excluding carboxylic acids is 1. The first-order chi connectivity index (χ1) is 8.81. The van der Waals surface area contributed by atoms with Crippen LogP contribution in [0.4, 0.5) is 0 Å². The van der Waals surface area contributed by atoms with Crippen LogP contribution in [-0.4, -0.2) is 22.7 Å². The second-order valence-electron chi connectivity index (χ2n) is 4.88. The zero-order valence-corrected chi connectivity index (χ0v) is 11.4. The van der Waals surface area contributed by atoms with Gasteiger partial charge in [0.15, 0.2) is 0 Å². The number of furan rings is 1. The zero-order chi connectivity index (χ0) is 12.8. The summed E-state index contributed by atoms with van der Waals surface area (Å²) in [6.45, 7) is 0.545. The highest BCUT2D eigenvalue weighted by Gasteiger charge is 2.24. The van der Waals surface area contributed by atoms with Gasteiger partial charge < -0.3 is 9.32 Å². The molecular formula is C14H20ClNO2. The minimum absolute atomic E-state index is 0.0139. The van der Waals surface area contributed by atoms with Gasteiger partial charge >= 0.3 is 0 Å². The van der Waals surface area contributed by atoms with Crippen molar-refractivity contribution in [1.82, 2.24) is 4.90 Å². The van der Waals surface area contributed by atoms with E-state index in [1.807, 2.05) is 17.0 Å². The van der Waals surface area contributed by atoms with Crippen molar-refractivity contribution in [1.29, 1.82) is 0 Å². The molecule has 1 aromatic heterocycles. The van der Waals surface area contributed by atoms with Crippen LogP contribution in [0.3, 0.4) is 0 Å². The number of carbonyl (C=O) groups is 1. The van der Waals surface area contributed by atoms with E-state index in [0.717, 1.165) is 18.6 Å². The molecule has 2 rings (SSSR count). The molecule has 1 amide bonds. The molecule has 1 saturated carbocycles. The van der Waals surface area contributed by atoms with Crippen molar-refractivity contribution in [2.75, 3.05) is 5.88 Å². The second kappa shape index (κ2) is 6.83. The van der Waals surface area contributed by atoms with E-state index in [1.54, 1.807) is 6.26 Å². The van der Waals surface area contributed by atoms with Crippen LogP contribution in [0.15, 0.2) is 22.8 Å². The van der Waals surface area contributed by atoms with Crippen molar-refractivity contribution in [2.45, 2.75) is 51.1 Å². The molecule has 1 heterocycles. The summed E-state index contributed by atoms with van der Waals surface area (Å²) in [5.41, 5.74) is 0. The molecule has 1 aromatic rings. The minimum Gasteiger partial charge on any atom is -0.467 e. The summed E-state index contributed by atoms with van der Waals surface area (Å²) in [5.74, 6) is 0.898. The average Bonchev–Trinajstić information content (AvgIpc) is 2.76. The predicted octanol–water partition coefficient (Wildman–Crippen LogP) is 3.57. The Kier molecular flexibility index (Phi) is 5.12. The fourth-order valence-corrected chi connectivity index (χ4v) is 2.79. The molecule has 18 heavy (non-hydrogen) atoms. The van der Waals surface area contributed by atoms with Gasteiger partial charge in [0.25, 0.3) is 0 Å². The van der Waals surface area contributed by atoms with Crippen molar-refractivity contribution in [3.63, 3.8) is 0 Å². The molecule has 100 valence electrons. The van der Waals surface area contributed by atoms with E-state index in [1.165, 1.54) is 25.7 Å². The molecular weight excluding hydrogens is 250 g/mol. The lowest BCUT2D eigenvalue weighted by atomic mass is 10.1. The number of alkyl halides is 1. The first-order valence-electron chi connectivity index (χ1n) is 6.69. The Hall–Kier alpha value is -0.960. The topological polar surface area (TPSA) is 33.5 Å². The Morgan fingerprint density at radius 2 is 2.06 bits per heavy atom. The van der Waals surface area contributed by atoms with E-state index in [-0.39, 0.29) is 11.8 Å². The Labute approximate surface area is 113 Å². The molecule has 1 fully saturated rings. The normalized spacial score (nSPS) is 17.4. The molecule has 0 N–H and O–H groups in total. The van der Waals surface area contributed by atoms with E-state index in [4.69, 9.17) is 16.0 Å². The summed E-state index contributed by atoms with van der Waals surface area (Å²) in [4.78, 5) is 13.9. The third-order valence-electron chi connectivity index (χ3n) is 3.61. The first kappa shape index (κ1) is 13.5. The van der Waals surface area contributed by atoms with Crippen LogP contribution in [0.25, 0.3) is 0 Å². The van der Waals surface area contributed by atoms with Crippen molar-refractivity contribution in [3.05, 3.63) is 24.2 Å². The van der Waals surface area contributed by atoms with Gasteiger partial charge in [0.2, 0.25) is 5.91 Å². The van der Waals surface area contributed by atoms with E-state index >= 15 is 0 Å². The average molecular weight is 270 g/mol. The number of hydrogen-bond acceptors (Lipinski definition) is 2. The van der Waals surface area contributed by atoms with Gasteiger partial charge in [-0.25, -0.2) is 0 Å². The molecule has 1 aliphatic carbocycles. The first-order valence-corrected chi connectivity index (χ1v) is 7.22. The van der Waals surface area contributed by atoms with Gasteiger partial charge in [0.1, 0.15) is 11.6 Å². The number of amides is 1. The molecule has 4 heteroatoms. The summed E-state index contributed by atoms with van der Waals surface area (Å²) in [5, 5.41) is 0. The van der Waals surface area contributed by atoms with Crippen molar-refractivity contribution in [3.8, 4) is 0 Å². The molecule has 0 bridgehead atoms. The Morgan fingerprint density at radius 3 is 2.61 bits per heavy atom. The molecule has 1 aliphatic rings.